The first-order chi connectivity index (χ1) is 12.3. The maximum atomic E-state index is 12.3. The quantitative estimate of drug-likeness (QED) is 0.672. The number of benzene rings is 2. The molecule has 1 N–H and O–H groups in total. The van der Waals surface area contributed by atoms with Crippen molar-refractivity contribution in [2.24, 2.45) is 0 Å². The highest BCUT2D eigenvalue weighted by Gasteiger charge is 2.17. The predicted octanol–water partition coefficient (Wildman–Crippen LogP) is 4.31. The van der Waals surface area contributed by atoms with Gasteiger partial charge in [-0.1, -0.05) is 35.0 Å². The first-order valence-corrected chi connectivity index (χ1v) is 9.49. The summed E-state index contributed by atoms with van der Waals surface area (Å²) in [4.78, 5) is 0.0927. The standard InChI is InChI=1S/C19H20N2O4S/c1-12-5-9-17(10-6-12)26(22,23)25-21-18-11-16(8-7-13(18)2)19-14(3)20-24-15(19)4/h5-11,21H,1-4H3. The molecule has 0 fully saturated rings. The Morgan fingerprint density at radius 3 is 2.31 bits per heavy atom. The third-order valence-corrected chi connectivity index (χ3v) is 5.28. The van der Waals surface area contributed by atoms with Crippen LogP contribution in [0.5, 0.6) is 0 Å². The van der Waals surface area contributed by atoms with Gasteiger partial charge >= 0.3 is 10.1 Å². The summed E-state index contributed by atoms with van der Waals surface area (Å²) in [5, 5.41) is 3.95. The molecule has 136 valence electrons. The van der Waals surface area contributed by atoms with Crippen LogP contribution >= 0.6 is 0 Å². The summed E-state index contributed by atoms with van der Waals surface area (Å²) in [5.41, 5.74) is 7.46. The summed E-state index contributed by atoms with van der Waals surface area (Å²) in [6, 6.07) is 12.1. The van der Waals surface area contributed by atoms with E-state index >= 15 is 0 Å². The minimum atomic E-state index is -3.92. The SMILES string of the molecule is Cc1ccc(S(=O)(=O)ONc2cc(-c3c(C)noc3C)ccc2C)cc1. The third-order valence-electron chi connectivity index (χ3n) is 4.13. The van der Waals surface area contributed by atoms with Crippen molar-refractivity contribution in [1.29, 1.82) is 0 Å². The topological polar surface area (TPSA) is 81.4 Å². The number of nitrogens with zero attached hydrogens (tertiary/aromatic N) is 1. The molecule has 0 aliphatic rings. The molecule has 7 heteroatoms. The molecule has 0 bridgehead atoms. The van der Waals surface area contributed by atoms with Gasteiger partial charge in [-0.2, -0.15) is 8.42 Å². The Hall–Kier alpha value is -2.64. The molecule has 6 nitrogen and oxygen atoms in total. The Balaban J connectivity index is 1.86. The second-order valence-corrected chi connectivity index (χ2v) is 7.73. The van der Waals surface area contributed by atoms with E-state index in [-0.39, 0.29) is 4.90 Å². The van der Waals surface area contributed by atoms with Crippen LogP contribution in [0.2, 0.25) is 0 Å². The number of nitrogens with one attached hydrogen (secondary N) is 1. The average Bonchev–Trinajstić information content (AvgIpc) is 2.93. The van der Waals surface area contributed by atoms with Gasteiger partial charge in [0.05, 0.1) is 16.3 Å². The van der Waals surface area contributed by atoms with Crippen LogP contribution in [0.4, 0.5) is 5.69 Å². The van der Waals surface area contributed by atoms with Gasteiger partial charge in [0, 0.05) is 5.56 Å². The molecule has 3 aromatic rings. The largest absolute Gasteiger partial charge is 0.361 e. The predicted molar refractivity (Wildman–Crippen MR) is 99.2 cm³/mol. The summed E-state index contributed by atoms with van der Waals surface area (Å²) in [5.74, 6) is 0.700. The molecule has 0 unspecified atom stereocenters. The molecule has 0 radical (unpaired) electrons. The van der Waals surface area contributed by atoms with Crippen LogP contribution < -0.4 is 5.48 Å². The molecule has 0 saturated carbocycles. The summed E-state index contributed by atoms with van der Waals surface area (Å²) < 4.78 is 34.9. The lowest BCUT2D eigenvalue weighted by Gasteiger charge is -2.12. The van der Waals surface area contributed by atoms with E-state index in [1.807, 2.05) is 45.9 Å². The summed E-state index contributed by atoms with van der Waals surface area (Å²) in [6.45, 7) is 7.44. The van der Waals surface area contributed by atoms with E-state index in [1.54, 1.807) is 12.1 Å². The van der Waals surface area contributed by atoms with Crippen LogP contribution in [0.15, 0.2) is 51.9 Å². The fourth-order valence-electron chi connectivity index (χ4n) is 2.64. The Labute approximate surface area is 152 Å². The van der Waals surface area contributed by atoms with E-state index in [4.69, 9.17) is 8.81 Å². The van der Waals surface area contributed by atoms with Gasteiger partial charge in [-0.3, -0.25) is 0 Å². The van der Waals surface area contributed by atoms with Gasteiger partial charge in [0.15, 0.2) is 0 Å². The van der Waals surface area contributed by atoms with Crippen LogP contribution in [0.25, 0.3) is 11.1 Å². The van der Waals surface area contributed by atoms with Crippen molar-refractivity contribution in [1.82, 2.24) is 5.16 Å². The first-order valence-electron chi connectivity index (χ1n) is 8.08. The molecule has 0 aliphatic carbocycles. The van der Waals surface area contributed by atoms with E-state index in [0.717, 1.165) is 27.9 Å². The minimum absolute atomic E-state index is 0.0927. The lowest BCUT2D eigenvalue weighted by atomic mass is 10.0. The second-order valence-electron chi connectivity index (χ2n) is 6.18. The van der Waals surface area contributed by atoms with E-state index in [2.05, 4.69) is 10.6 Å². The van der Waals surface area contributed by atoms with E-state index in [1.165, 1.54) is 12.1 Å². The zero-order valence-electron chi connectivity index (χ0n) is 15.0. The first kappa shape index (κ1) is 18.2. The number of aryl methyl sites for hydroxylation is 4. The Bertz CT molecular complexity index is 1020. The molecule has 1 aromatic heterocycles. The van der Waals surface area contributed by atoms with Crippen molar-refractivity contribution >= 4 is 15.8 Å². The Kier molecular flexibility index (Phi) is 4.84. The van der Waals surface area contributed by atoms with Gasteiger partial charge in [0.1, 0.15) is 5.76 Å². The maximum absolute atomic E-state index is 12.3. The van der Waals surface area contributed by atoms with E-state index in [9.17, 15) is 8.42 Å². The fraction of sp³-hybridized carbons (Fsp3) is 0.211. The van der Waals surface area contributed by atoms with Crippen molar-refractivity contribution in [3.8, 4) is 11.1 Å². The maximum Gasteiger partial charge on any atom is 0.317 e. The minimum Gasteiger partial charge on any atom is -0.361 e. The van der Waals surface area contributed by atoms with Crippen LogP contribution in [0.3, 0.4) is 0 Å². The van der Waals surface area contributed by atoms with Crippen LogP contribution in [-0.4, -0.2) is 13.6 Å². The Morgan fingerprint density at radius 2 is 1.69 bits per heavy atom. The molecule has 0 atom stereocenters. The van der Waals surface area contributed by atoms with E-state index < -0.39 is 10.1 Å². The molecular weight excluding hydrogens is 352 g/mol. The number of hydrogen-bond donors (Lipinski definition) is 1. The summed E-state index contributed by atoms with van der Waals surface area (Å²) >= 11 is 0. The van der Waals surface area contributed by atoms with Crippen molar-refractivity contribution in [2.45, 2.75) is 32.6 Å². The molecule has 0 aliphatic heterocycles. The molecule has 1 heterocycles. The average molecular weight is 372 g/mol. The normalized spacial score (nSPS) is 11.5. The third kappa shape index (κ3) is 3.63. The van der Waals surface area contributed by atoms with Gasteiger partial charge < -0.3 is 4.52 Å². The monoisotopic (exact) mass is 372 g/mol. The van der Waals surface area contributed by atoms with Gasteiger partial charge in [-0.15, -0.1) is 4.28 Å². The van der Waals surface area contributed by atoms with Gasteiger partial charge in [0.25, 0.3) is 0 Å². The van der Waals surface area contributed by atoms with Crippen LogP contribution in [-0.2, 0) is 14.4 Å². The molecule has 0 spiro atoms. The number of hydrogen-bond acceptors (Lipinski definition) is 6. The van der Waals surface area contributed by atoms with Crippen molar-refractivity contribution in [2.75, 3.05) is 5.48 Å². The number of rotatable bonds is 5. The lowest BCUT2D eigenvalue weighted by molar-refractivity contribution is 0.390. The molecular formula is C19H20N2O4S. The van der Waals surface area contributed by atoms with E-state index in [0.29, 0.717) is 11.4 Å². The van der Waals surface area contributed by atoms with Crippen LogP contribution in [0.1, 0.15) is 22.6 Å². The van der Waals surface area contributed by atoms with Gasteiger partial charge in [-0.05, 0) is 57.0 Å². The molecule has 0 saturated heterocycles. The highest BCUT2D eigenvalue weighted by atomic mass is 32.2. The smallest absolute Gasteiger partial charge is 0.317 e. The molecule has 3 rings (SSSR count). The highest BCUT2D eigenvalue weighted by molar-refractivity contribution is 7.86. The van der Waals surface area contributed by atoms with Gasteiger partial charge in [-0.25, -0.2) is 5.48 Å². The number of aromatic nitrogens is 1. The lowest BCUT2D eigenvalue weighted by Crippen LogP contribution is -2.12. The molecule has 26 heavy (non-hydrogen) atoms. The Morgan fingerprint density at radius 1 is 1.00 bits per heavy atom. The van der Waals surface area contributed by atoms with Gasteiger partial charge in [0.2, 0.25) is 0 Å². The molecule has 0 amide bonds. The number of anilines is 1. The van der Waals surface area contributed by atoms with Crippen molar-refractivity contribution < 1.29 is 17.2 Å². The fourth-order valence-corrected chi connectivity index (χ4v) is 3.40. The molecule has 2 aromatic carbocycles. The summed E-state index contributed by atoms with van der Waals surface area (Å²) in [6.07, 6.45) is 0. The highest BCUT2D eigenvalue weighted by Crippen LogP contribution is 2.30. The zero-order valence-corrected chi connectivity index (χ0v) is 15.8. The van der Waals surface area contributed by atoms with Crippen molar-refractivity contribution in [3.05, 3.63) is 65.0 Å². The summed E-state index contributed by atoms with van der Waals surface area (Å²) in [7, 11) is -3.92. The van der Waals surface area contributed by atoms with Crippen LogP contribution in [0, 0.1) is 27.7 Å². The second kappa shape index (κ2) is 6.93. The van der Waals surface area contributed by atoms with Crippen molar-refractivity contribution in [3.63, 3.8) is 0 Å². The zero-order chi connectivity index (χ0) is 18.9.